The van der Waals surface area contributed by atoms with Gasteiger partial charge in [-0.25, -0.2) is 9.59 Å². The molecule has 0 spiro atoms. The lowest BCUT2D eigenvalue weighted by atomic mass is 10.1. The molecule has 2 aromatic rings. The van der Waals surface area contributed by atoms with Crippen LogP contribution in [-0.2, 0) is 9.53 Å². The van der Waals surface area contributed by atoms with Crippen LogP contribution in [0.25, 0.3) is 10.1 Å². The van der Waals surface area contributed by atoms with E-state index in [-0.39, 0.29) is 0 Å². The van der Waals surface area contributed by atoms with Crippen molar-refractivity contribution < 1.29 is 19.1 Å². The number of nitrogens with one attached hydrogen (secondary N) is 2. The van der Waals surface area contributed by atoms with E-state index in [0.29, 0.717) is 11.4 Å². The molecule has 0 radical (unpaired) electrons. The summed E-state index contributed by atoms with van der Waals surface area (Å²) in [6.45, 7) is 3.85. The molecule has 0 aliphatic rings. The summed E-state index contributed by atoms with van der Waals surface area (Å²) in [7, 11) is 0. The Morgan fingerprint density at radius 2 is 1.96 bits per heavy atom. The van der Waals surface area contributed by atoms with Crippen LogP contribution in [0, 0.1) is 6.92 Å². The highest BCUT2D eigenvalue weighted by Gasteiger charge is 2.18. The van der Waals surface area contributed by atoms with E-state index in [1.54, 1.807) is 0 Å². The Morgan fingerprint density at radius 3 is 2.67 bits per heavy atom. The van der Waals surface area contributed by atoms with Gasteiger partial charge in [0.2, 0.25) is 0 Å². The summed E-state index contributed by atoms with van der Waals surface area (Å²) in [5, 5.41) is 5.67. The number of benzene rings is 1. The van der Waals surface area contributed by atoms with Gasteiger partial charge in [-0.3, -0.25) is 10.1 Å². The molecule has 6 nitrogen and oxygen atoms in total. The fourth-order valence-electron chi connectivity index (χ4n) is 2.15. The van der Waals surface area contributed by atoms with Gasteiger partial charge in [0.05, 0.1) is 0 Å². The highest BCUT2D eigenvalue weighted by atomic mass is 32.1. The van der Waals surface area contributed by atoms with Crippen LogP contribution < -0.4 is 10.6 Å². The molecule has 0 fully saturated rings. The van der Waals surface area contributed by atoms with Crippen molar-refractivity contribution in [1.82, 2.24) is 10.6 Å². The molecule has 0 saturated carbocycles. The van der Waals surface area contributed by atoms with Crippen LogP contribution >= 0.6 is 11.3 Å². The van der Waals surface area contributed by atoms with E-state index in [4.69, 9.17) is 4.74 Å². The van der Waals surface area contributed by atoms with Crippen LogP contribution in [0.5, 0.6) is 0 Å². The van der Waals surface area contributed by atoms with Crippen molar-refractivity contribution in [2.45, 2.75) is 26.7 Å². The molecule has 7 heteroatoms. The molecule has 0 unspecified atom stereocenters. The van der Waals surface area contributed by atoms with Gasteiger partial charge in [-0.05, 0) is 30.4 Å². The van der Waals surface area contributed by atoms with E-state index in [2.05, 4.69) is 10.6 Å². The lowest BCUT2D eigenvalue weighted by molar-refractivity contribution is -0.123. The number of esters is 1. The summed E-state index contributed by atoms with van der Waals surface area (Å²) in [4.78, 5) is 35.7. The average molecular weight is 348 g/mol. The second kappa shape index (κ2) is 8.44. The molecule has 2 N–H and O–H groups in total. The maximum atomic E-state index is 12.1. The highest BCUT2D eigenvalue weighted by molar-refractivity contribution is 7.21. The minimum absolute atomic E-state index is 0.469. The van der Waals surface area contributed by atoms with Gasteiger partial charge < -0.3 is 10.1 Å². The molecule has 0 saturated heterocycles. The number of ether oxygens (including phenoxy) is 1. The predicted molar refractivity (Wildman–Crippen MR) is 93.3 cm³/mol. The van der Waals surface area contributed by atoms with Crippen LogP contribution in [0.1, 0.15) is 35.0 Å². The fraction of sp³-hybridized carbons (Fsp3) is 0.353. The van der Waals surface area contributed by atoms with E-state index in [1.807, 2.05) is 38.1 Å². The standard InChI is InChI=1S/C17H20N2O4S/c1-3-4-9-18-17(22)19-14(20)10-23-16(21)15-11(2)12-7-5-6-8-13(12)24-15/h5-8H,3-4,9-10H2,1-2H3,(H2,18,19,20,22). The molecule has 1 aromatic carbocycles. The van der Waals surface area contributed by atoms with Gasteiger partial charge >= 0.3 is 12.0 Å². The molecular formula is C17H20N2O4S. The average Bonchev–Trinajstić information content (AvgIpc) is 2.90. The van der Waals surface area contributed by atoms with Crippen LogP contribution in [0.3, 0.4) is 0 Å². The molecule has 0 aliphatic carbocycles. The van der Waals surface area contributed by atoms with Crippen LogP contribution in [0.4, 0.5) is 4.79 Å². The Morgan fingerprint density at radius 1 is 1.21 bits per heavy atom. The third-order valence-corrected chi connectivity index (χ3v) is 4.69. The molecule has 1 heterocycles. The number of carbonyl (C=O) groups excluding carboxylic acids is 3. The Labute approximate surface area is 144 Å². The largest absolute Gasteiger partial charge is 0.451 e. The SMILES string of the molecule is CCCCNC(=O)NC(=O)COC(=O)c1sc2ccccc2c1C. The van der Waals surface area contributed by atoms with Crippen molar-refractivity contribution in [1.29, 1.82) is 0 Å². The first-order valence-electron chi connectivity index (χ1n) is 7.75. The summed E-state index contributed by atoms with van der Waals surface area (Å²) < 4.78 is 5.99. The van der Waals surface area contributed by atoms with Gasteiger partial charge in [-0.2, -0.15) is 0 Å². The first-order chi connectivity index (χ1) is 11.5. The number of imide groups is 1. The summed E-state index contributed by atoms with van der Waals surface area (Å²) in [5.41, 5.74) is 0.832. The van der Waals surface area contributed by atoms with Crippen LogP contribution in [-0.4, -0.2) is 31.1 Å². The lowest BCUT2D eigenvalue weighted by Gasteiger charge is -2.06. The highest BCUT2D eigenvalue weighted by Crippen LogP contribution is 2.30. The van der Waals surface area contributed by atoms with E-state index in [1.165, 1.54) is 11.3 Å². The number of aryl methyl sites for hydroxylation is 1. The molecule has 2 rings (SSSR count). The van der Waals surface area contributed by atoms with E-state index in [9.17, 15) is 14.4 Å². The number of amides is 3. The molecule has 0 bridgehead atoms. The van der Waals surface area contributed by atoms with E-state index in [0.717, 1.165) is 28.5 Å². The zero-order chi connectivity index (χ0) is 17.5. The van der Waals surface area contributed by atoms with Crippen LogP contribution in [0.2, 0.25) is 0 Å². The number of rotatable bonds is 6. The molecular weight excluding hydrogens is 328 g/mol. The van der Waals surface area contributed by atoms with Crippen molar-refractivity contribution in [3.63, 3.8) is 0 Å². The monoisotopic (exact) mass is 348 g/mol. The number of hydrogen-bond donors (Lipinski definition) is 2. The second-order valence-corrected chi connectivity index (χ2v) is 6.34. The Balaban J connectivity index is 1.87. The summed E-state index contributed by atoms with van der Waals surface area (Å²) in [5.74, 6) is -1.22. The van der Waals surface area contributed by atoms with Gasteiger partial charge in [0, 0.05) is 11.2 Å². The number of fused-ring (bicyclic) bond motifs is 1. The van der Waals surface area contributed by atoms with Crippen molar-refractivity contribution >= 4 is 39.3 Å². The minimum atomic E-state index is -0.656. The number of thiophene rings is 1. The number of hydrogen-bond acceptors (Lipinski definition) is 5. The maximum Gasteiger partial charge on any atom is 0.349 e. The second-order valence-electron chi connectivity index (χ2n) is 5.29. The van der Waals surface area contributed by atoms with Crippen LogP contribution in [0.15, 0.2) is 24.3 Å². The zero-order valence-corrected chi connectivity index (χ0v) is 14.5. The quantitative estimate of drug-likeness (QED) is 0.621. The van der Waals surface area contributed by atoms with Crippen molar-refractivity contribution in [3.05, 3.63) is 34.7 Å². The Bertz CT molecular complexity index is 754. The smallest absolute Gasteiger partial charge is 0.349 e. The maximum absolute atomic E-state index is 12.1. The molecule has 1 aromatic heterocycles. The van der Waals surface area contributed by atoms with E-state index >= 15 is 0 Å². The van der Waals surface area contributed by atoms with Gasteiger partial charge in [-0.1, -0.05) is 31.5 Å². The molecule has 3 amide bonds. The Hall–Kier alpha value is -2.41. The third-order valence-electron chi connectivity index (χ3n) is 3.43. The molecule has 0 atom stereocenters. The zero-order valence-electron chi connectivity index (χ0n) is 13.7. The van der Waals surface area contributed by atoms with Gasteiger partial charge in [-0.15, -0.1) is 11.3 Å². The lowest BCUT2D eigenvalue weighted by Crippen LogP contribution is -2.41. The van der Waals surface area contributed by atoms with Gasteiger partial charge in [0.25, 0.3) is 5.91 Å². The first kappa shape index (κ1) is 17.9. The summed E-state index contributed by atoms with van der Waals surface area (Å²) in [6.07, 6.45) is 1.78. The summed E-state index contributed by atoms with van der Waals surface area (Å²) in [6, 6.07) is 7.09. The Kier molecular flexibility index (Phi) is 6.31. The number of urea groups is 1. The number of carbonyl (C=O) groups is 3. The normalized spacial score (nSPS) is 10.4. The third kappa shape index (κ3) is 4.55. The predicted octanol–water partition coefficient (Wildman–Crippen LogP) is 2.99. The topological polar surface area (TPSA) is 84.5 Å². The number of unbranched alkanes of at least 4 members (excludes halogenated alkanes) is 1. The molecule has 128 valence electrons. The fourth-order valence-corrected chi connectivity index (χ4v) is 3.25. The van der Waals surface area contributed by atoms with Gasteiger partial charge in [0.15, 0.2) is 6.61 Å². The van der Waals surface area contributed by atoms with Gasteiger partial charge in [0.1, 0.15) is 4.88 Å². The minimum Gasteiger partial charge on any atom is -0.451 e. The van der Waals surface area contributed by atoms with Crippen molar-refractivity contribution in [3.8, 4) is 0 Å². The van der Waals surface area contributed by atoms with E-state index < -0.39 is 24.5 Å². The van der Waals surface area contributed by atoms with Crippen molar-refractivity contribution in [2.75, 3.05) is 13.2 Å². The molecule has 24 heavy (non-hydrogen) atoms. The van der Waals surface area contributed by atoms with Crippen molar-refractivity contribution in [2.24, 2.45) is 0 Å². The first-order valence-corrected chi connectivity index (χ1v) is 8.57. The summed E-state index contributed by atoms with van der Waals surface area (Å²) >= 11 is 1.33. The molecule has 0 aliphatic heterocycles.